The fraction of sp³-hybridized carbons (Fsp3) is 0.429. The average Bonchev–Trinajstić information content (AvgIpc) is 2.94. The minimum absolute atomic E-state index is 0.0958. The summed E-state index contributed by atoms with van der Waals surface area (Å²) in [6.07, 6.45) is 5.57. The lowest BCUT2D eigenvalue weighted by Crippen LogP contribution is -2.37. The Labute approximate surface area is 126 Å². The third-order valence-corrected chi connectivity index (χ3v) is 3.83. The van der Waals surface area contributed by atoms with E-state index in [0.717, 1.165) is 5.56 Å². The van der Waals surface area contributed by atoms with E-state index >= 15 is 0 Å². The highest BCUT2D eigenvalue weighted by Crippen LogP contribution is 2.25. The van der Waals surface area contributed by atoms with Gasteiger partial charge in [0, 0.05) is 19.3 Å². The predicted molar refractivity (Wildman–Crippen MR) is 76.4 cm³/mol. The summed E-state index contributed by atoms with van der Waals surface area (Å²) in [6.45, 7) is 2.78. The number of carboxylic acids is 1. The highest BCUT2D eigenvalue weighted by Gasteiger charge is 2.27. The summed E-state index contributed by atoms with van der Waals surface area (Å²) in [6, 6.07) is 0. The molecule has 2 aromatic rings. The summed E-state index contributed by atoms with van der Waals surface area (Å²) in [7, 11) is 0. The molecule has 0 unspecified atom stereocenters. The van der Waals surface area contributed by atoms with Crippen LogP contribution in [0.15, 0.2) is 18.7 Å². The van der Waals surface area contributed by atoms with Gasteiger partial charge in [-0.3, -0.25) is 4.79 Å². The number of hydrogen-bond donors (Lipinski definition) is 1. The van der Waals surface area contributed by atoms with Crippen molar-refractivity contribution in [2.75, 3.05) is 18.0 Å². The molecule has 22 heavy (non-hydrogen) atoms. The van der Waals surface area contributed by atoms with Gasteiger partial charge in [-0.15, -0.1) is 0 Å². The van der Waals surface area contributed by atoms with Crippen molar-refractivity contribution in [1.82, 2.24) is 19.7 Å². The number of hydrogen-bond acceptors (Lipinski definition) is 5. The monoisotopic (exact) mass is 305 g/mol. The van der Waals surface area contributed by atoms with Crippen molar-refractivity contribution in [3.05, 3.63) is 30.1 Å². The Morgan fingerprint density at radius 2 is 2.00 bits per heavy atom. The number of aryl methyl sites for hydroxylation is 1. The Bertz CT molecular complexity index is 694. The topological polar surface area (TPSA) is 84.1 Å². The van der Waals surface area contributed by atoms with Crippen LogP contribution in [0, 0.1) is 18.7 Å². The molecule has 0 aromatic carbocycles. The molecular formula is C14H16FN5O2. The molecule has 0 atom stereocenters. The van der Waals surface area contributed by atoms with Crippen molar-refractivity contribution in [2.45, 2.75) is 19.8 Å². The van der Waals surface area contributed by atoms with Gasteiger partial charge in [0.25, 0.3) is 0 Å². The van der Waals surface area contributed by atoms with Gasteiger partial charge in [-0.1, -0.05) is 0 Å². The van der Waals surface area contributed by atoms with Crippen LogP contribution in [0.4, 0.5) is 10.2 Å². The highest BCUT2D eigenvalue weighted by atomic mass is 19.1. The lowest BCUT2D eigenvalue weighted by molar-refractivity contribution is -0.142. The maximum absolute atomic E-state index is 14.7. The van der Waals surface area contributed by atoms with Crippen molar-refractivity contribution in [3.8, 4) is 5.82 Å². The summed E-state index contributed by atoms with van der Waals surface area (Å²) in [5.74, 6) is -1.41. The van der Waals surface area contributed by atoms with Gasteiger partial charge >= 0.3 is 5.97 Å². The van der Waals surface area contributed by atoms with Crippen molar-refractivity contribution >= 4 is 11.8 Å². The summed E-state index contributed by atoms with van der Waals surface area (Å²) < 4.78 is 16.0. The van der Waals surface area contributed by atoms with Crippen LogP contribution < -0.4 is 4.90 Å². The molecule has 1 aliphatic rings. The molecule has 1 N–H and O–H groups in total. The van der Waals surface area contributed by atoms with Crippen LogP contribution in [0.25, 0.3) is 5.82 Å². The fourth-order valence-corrected chi connectivity index (χ4v) is 2.60. The molecule has 8 heteroatoms. The second-order valence-electron chi connectivity index (χ2n) is 5.40. The summed E-state index contributed by atoms with van der Waals surface area (Å²) in [4.78, 5) is 20.7. The molecule has 0 saturated carbocycles. The van der Waals surface area contributed by atoms with Crippen molar-refractivity contribution in [3.63, 3.8) is 0 Å². The first-order valence-corrected chi connectivity index (χ1v) is 7.06. The first kappa shape index (κ1) is 14.4. The molecule has 116 valence electrons. The van der Waals surface area contributed by atoms with Crippen molar-refractivity contribution in [1.29, 1.82) is 0 Å². The molecule has 3 rings (SSSR count). The Morgan fingerprint density at radius 1 is 1.32 bits per heavy atom. The normalized spacial score (nSPS) is 16.0. The van der Waals surface area contributed by atoms with E-state index in [1.165, 1.54) is 11.0 Å². The van der Waals surface area contributed by atoms with Gasteiger partial charge in [-0.2, -0.15) is 9.49 Å². The molecule has 0 aliphatic carbocycles. The Hall–Kier alpha value is -2.51. The molecular weight excluding hydrogens is 289 g/mol. The molecule has 2 aromatic heterocycles. The predicted octanol–water partition coefficient (Wildman–Crippen LogP) is 1.41. The van der Waals surface area contributed by atoms with Gasteiger partial charge in [0.15, 0.2) is 11.6 Å². The molecule has 0 bridgehead atoms. The number of aromatic nitrogens is 4. The molecule has 0 spiro atoms. The van der Waals surface area contributed by atoms with Crippen LogP contribution in [-0.2, 0) is 4.79 Å². The van der Waals surface area contributed by atoms with Crippen molar-refractivity contribution in [2.24, 2.45) is 5.92 Å². The Balaban J connectivity index is 1.85. The third kappa shape index (κ3) is 2.63. The summed E-state index contributed by atoms with van der Waals surface area (Å²) in [5.41, 5.74) is 0.904. The van der Waals surface area contributed by atoms with E-state index in [9.17, 15) is 9.18 Å². The van der Waals surface area contributed by atoms with Crippen LogP contribution >= 0.6 is 0 Å². The number of rotatable bonds is 3. The van der Waals surface area contributed by atoms with Gasteiger partial charge in [0.05, 0.1) is 12.1 Å². The van der Waals surface area contributed by atoms with Gasteiger partial charge in [0.2, 0.25) is 5.82 Å². The first-order chi connectivity index (χ1) is 10.6. The number of piperidine rings is 1. The van der Waals surface area contributed by atoms with Crippen LogP contribution in [0.3, 0.4) is 0 Å². The van der Waals surface area contributed by atoms with Crippen molar-refractivity contribution < 1.29 is 14.3 Å². The second kappa shape index (κ2) is 5.70. The number of nitrogens with zero attached hydrogens (tertiary/aromatic N) is 5. The van der Waals surface area contributed by atoms with Crippen LogP contribution in [0.2, 0.25) is 0 Å². The molecule has 3 heterocycles. The quantitative estimate of drug-likeness (QED) is 0.923. The zero-order chi connectivity index (χ0) is 15.7. The first-order valence-electron chi connectivity index (χ1n) is 7.06. The Morgan fingerprint density at radius 3 is 2.59 bits per heavy atom. The number of anilines is 1. The van der Waals surface area contributed by atoms with Crippen LogP contribution in [-0.4, -0.2) is 43.9 Å². The zero-order valence-corrected chi connectivity index (χ0v) is 12.1. The summed E-state index contributed by atoms with van der Waals surface area (Å²) in [5, 5.41) is 13.1. The van der Waals surface area contributed by atoms with E-state index in [1.54, 1.807) is 17.3 Å². The largest absolute Gasteiger partial charge is 0.481 e. The fourth-order valence-electron chi connectivity index (χ4n) is 2.60. The molecule has 0 radical (unpaired) electrons. The third-order valence-electron chi connectivity index (χ3n) is 3.83. The van der Waals surface area contributed by atoms with Crippen LogP contribution in [0.5, 0.6) is 0 Å². The standard InChI is InChI=1S/C14H16FN5O2/c1-9-6-18-20(7-9)13-11(15)12(16-8-17-13)19-4-2-10(3-5-19)14(21)22/h6-8,10H,2-5H2,1H3,(H,21,22). The van der Waals surface area contributed by atoms with E-state index in [2.05, 4.69) is 15.1 Å². The maximum Gasteiger partial charge on any atom is 0.306 e. The zero-order valence-electron chi connectivity index (χ0n) is 12.1. The maximum atomic E-state index is 14.7. The van der Waals surface area contributed by atoms with Crippen LogP contribution in [0.1, 0.15) is 18.4 Å². The molecule has 1 fully saturated rings. The van der Waals surface area contributed by atoms with Gasteiger partial charge in [-0.25, -0.2) is 14.6 Å². The van der Waals surface area contributed by atoms with Gasteiger partial charge < -0.3 is 10.0 Å². The van der Waals surface area contributed by atoms with E-state index in [1.807, 2.05) is 6.92 Å². The van der Waals surface area contributed by atoms with E-state index in [4.69, 9.17) is 5.11 Å². The smallest absolute Gasteiger partial charge is 0.306 e. The van der Waals surface area contributed by atoms with E-state index in [-0.39, 0.29) is 17.6 Å². The lowest BCUT2D eigenvalue weighted by atomic mass is 9.97. The van der Waals surface area contributed by atoms with Gasteiger partial charge in [-0.05, 0) is 25.3 Å². The second-order valence-corrected chi connectivity index (χ2v) is 5.40. The highest BCUT2D eigenvalue weighted by molar-refractivity contribution is 5.70. The van der Waals surface area contributed by atoms with E-state index in [0.29, 0.717) is 25.9 Å². The van der Waals surface area contributed by atoms with Gasteiger partial charge in [0.1, 0.15) is 6.33 Å². The molecule has 0 amide bonds. The minimum Gasteiger partial charge on any atom is -0.481 e. The number of halogens is 1. The Kier molecular flexibility index (Phi) is 3.74. The number of carboxylic acid groups (broad SMARTS) is 1. The number of carbonyl (C=O) groups is 1. The number of aliphatic carboxylic acids is 1. The summed E-state index contributed by atoms with van der Waals surface area (Å²) >= 11 is 0. The molecule has 7 nitrogen and oxygen atoms in total. The molecule has 1 aliphatic heterocycles. The molecule has 1 saturated heterocycles. The lowest BCUT2D eigenvalue weighted by Gasteiger charge is -2.31. The average molecular weight is 305 g/mol. The SMILES string of the molecule is Cc1cnn(-c2ncnc(N3CCC(C(=O)O)CC3)c2F)c1. The minimum atomic E-state index is -0.796. The van der Waals surface area contributed by atoms with E-state index < -0.39 is 11.8 Å².